The van der Waals surface area contributed by atoms with Crippen LogP contribution in [-0.2, 0) is 9.53 Å². The van der Waals surface area contributed by atoms with Gasteiger partial charge in [0.15, 0.2) is 0 Å². The van der Waals surface area contributed by atoms with Gasteiger partial charge in [-0.3, -0.25) is 14.3 Å². The number of H-pyrrole nitrogens is 1. The van der Waals surface area contributed by atoms with Crippen molar-refractivity contribution in [3.63, 3.8) is 0 Å². The first kappa shape index (κ1) is 28.6. The molecule has 1 atom stereocenters. The second-order valence-electron chi connectivity index (χ2n) is 9.84. The van der Waals surface area contributed by atoms with Crippen molar-refractivity contribution in [3.8, 4) is 0 Å². The number of piperidine rings is 1. The maximum Gasteiger partial charge on any atom is 0.406 e. The zero-order chi connectivity index (χ0) is 30.0. The number of ether oxygens (including phenoxy) is 1. The quantitative estimate of drug-likeness (QED) is 0.446. The minimum atomic E-state index is -4.71. The van der Waals surface area contributed by atoms with Crippen LogP contribution in [0.25, 0.3) is 0 Å². The Morgan fingerprint density at radius 1 is 1.05 bits per heavy atom. The van der Waals surface area contributed by atoms with Gasteiger partial charge in [-0.15, -0.1) is 0 Å². The summed E-state index contributed by atoms with van der Waals surface area (Å²) in [4.78, 5) is 59.9. The molecule has 0 spiro atoms. The molecule has 3 amide bonds. The number of aliphatic imine (C=N–C) groups is 1. The molecule has 2 aliphatic heterocycles. The van der Waals surface area contributed by atoms with Crippen molar-refractivity contribution in [2.75, 3.05) is 31.6 Å². The molecular weight excluding hydrogens is 557 g/mol. The lowest BCUT2D eigenvalue weighted by molar-refractivity contribution is -0.133. The number of likely N-dealkylation sites (tertiary alicyclic amines) is 1. The number of fused-ring (bicyclic) bond motifs is 1. The van der Waals surface area contributed by atoms with Crippen molar-refractivity contribution in [3.05, 3.63) is 88.1 Å². The minimum absolute atomic E-state index is 0.00559. The molecule has 3 aromatic rings. The van der Waals surface area contributed by atoms with Crippen LogP contribution in [-0.4, -0.2) is 77.2 Å². The number of aromatic nitrogens is 2. The molecule has 0 saturated carbocycles. The molecular formula is C28H27F3N6O5. The van der Waals surface area contributed by atoms with Crippen LogP contribution in [0.2, 0.25) is 0 Å². The monoisotopic (exact) mass is 584 g/mol. The summed E-state index contributed by atoms with van der Waals surface area (Å²) in [5.41, 5.74) is 0.697. The lowest BCUT2D eigenvalue weighted by Crippen LogP contribution is -2.54. The lowest BCUT2D eigenvalue weighted by Gasteiger charge is -2.33. The van der Waals surface area contributed by atoms with E-state index < -0.39 is 42.5 Å². The SMILES string of the molecule is COC(=O)c1cn(C2CCN(C(=O)N[C@@H]3N=C(c4ccccc4)c4ccccc4N(CC(F)(F)F)C3=O)CC2)c(=O)[nH]1. The molecule has 42 heavy (non-hydrogen) atoms. The highest BCUT2D eigenvalue weighted by Crippen LogP contribution is 2.31. The summed E-state index contributed by atoms with van der Waals surface area (Å²) in [7, 11) is 1.20. The third-order valence-corrected chi connectivity index (χ3v) is 7.15. The number of alkyl halides is 3. The van der Waals surface area contributed by atoms with E-state index in [1.807, 2.05) is 0 Å². The van der Waals surface area contributed by atoms with E-state index in [1.165, 1.54) is 34.9 Å². The van der Waals surface area contributed by atoms with Crippen molar-refractivity contribution in [2.24, 2.45) is 4.99 Å². The van der Waals surface area contributed by atoms with Gasteiger partial charge in [-0.2, -0.15) is 13.2 Å². The summed E-state index contributed by atoms with van der Waals surface area (Å²) >= 11 is 0. The van der Waals surface area contributed by atoms with E-state index in [-0.39, 0.29) is 36.2 Å². The molecule has 0 radical (unpaired) electrons. The first-order chi connectivity index (χ1) is 20.1. The summed E-state index contributed by atoms with van der Waals surface area (Å²) in [5, 5.41) is 2.53. The van der Waals surface area contributed by atoms with Crippen LogP contribution in [0.5, 0.6) is 0 Å². The van der Waals surface area contributed by atoms with Gasteiger partial charge in [0.2, 0.25) is 6.17 Å². The molecule has 14 heteroatoms. The maximum atomic E-state index is 13.6. The van der Waals surface area contributed by atoms with Crippen LogP contribution in [0.3, 0.4) is 0 Å². The Morgan fingerprint density at radius 2 is 1.71 bits per heavy atom. The fraction of sp³-hybridized carbons (Fsp3) is 0.321. The summed E-state index contributed by atoms with van der Waals surface area (Å²) < 4.78 is 46.9. The van der Waals surface area contributed by atoms with Gasteiger partial charge in [0.05, 0.1) is 18.5 Å². The number of benzene rings is 2. The first-order valence-corrected chi connectivity index (χ1v) is 13.1. The van der Waals surface area contributed by atoms with E-state index in [1.54, 1.807) is 42.5 Å². The summed E-state index contributed by atoms with van der Waals surface area (Å²) in [5.74, 6) is -1.71. The van der Waals surface area contributed by atoms with Gasteiger partial charge in [0.1, 0.15) is 12.2 Å². The minimum Gasteiger partial charge on any atom is -0.464 e. The Kier molecular flexibility index (Phi) is 7.87. The Labute approximate surface area is 237 Å². The first-order valence-electron chi connectivity index (χ1n) is 13.1. The van der Waals surface area contributed by atoms with Crippen LogP contribution in [0, 0.1) is 0 Å². The van der Waals surface area contributed by atoms with Crippen LogP contribution in [0.15, 0.2) is 70.6 Å². The van der Waals surface area contributed by atoms with Crippen molar-refractivity contribution in [1.29, 1.82) is 0 Å². The number of nitrogens with one attached hydrogen (secondary N) is 2. The maximum absolute atomic E-state index is 13.6. The fourth-order valence-electron chi connectivity index (χ4n) is 5.14. The fourth-order valence-corrected chi connectivity index (χ4v) is 5.14. The molecule has 1 saturated heterocycles. The number of urea groups is 1. The average molecular weight is 585 g/mol. The molecule has 3 heterocycles. The van der Waals surface area contributed by atoms with Crippen LogP contribution < -0.4 is 15.9 Å². The summed E-state index contributed by atoms with van der Waals surface area (Å²) in [6, 6.07) is 13.9. The molecule has 0 aliphatic carbocycles. The largest absolute Gasteiger partial charge is 0.464 e. The zero-order valence-corrected chi connectivity index (χ0v) is 22.4. The third-order valence-electron chi connectivity index (χ3n) is 7.15. The Morgan fingerprint density at radius 3 is 2.38 bits per heavy atom. The number of carbonyl (C=O) groups is 3. The van der Waals surface area contributed by atoms with Gasteiger partial charge in [-0.05, 0) is 18.9 Å². The van der Waals surface area contributed by atoms with Gasteiger partial charge in [-0.1, -0.05) is 48.5 Å². The van der Waals surface area contributed by atoms with E-state index in [4.69, 9.17) is 0 Å². The van der Waals surface area contributed by atoms with Gasteiger partial charge in [0.25, 0.3) is 5.91 Å². The number of nitrogens with zero attached hydrogens (tertiary/aromatic N) is 4. The van der Waals surface area contributed by atoms with Gasteiger partial charge < -0.3 is 19.9 Å². The molecule has 2 aromatic carbocycles. The number of imidazole rings is 1. The normalized spacial score (nSPS) is 17.8. The number of hydrogen-bond donors (Lipinski definition) is 2. The molecule has 0 bridgehead atoms. The lowest BCUT2D eigenvalue weighted by atomic mass is 10.0. The second kappa shape index (κ2) is 11.5. The highest BCUT2D eigenvalue weighted by molar-refractivity contribution is 6.20. The number of methoxy groups -OCH3 is 1. The predicted molar refractivity (Wildman–Crippen MR) is 145 cm³/mol. The number of halogens is 3. The van der Waals surface area contributed by atoms with Gasteiger partial charge in [0, 0.05) is 36.5 Å². The number of esters is 1. The highest BCUT2D eigenvalue weighted by Gasteiger charge is 2.40. The number of rotatable bonds is 5. The Hall–Kier alpha value is -4.88. The molecule has 220 valence electrons. The standard InChI is InChI=1S/C28H27F3N6O5/c1-42-25(39)20-15-36(27(41)32-20)18-11-13-35(14-12-18)26(40)34-23-24(38)37(16-28(29,30)31)21-10-6-5-9-19(21)22(33-23)17-7-3-2-4-8-17/h2-10,15,18,23H,11-14,16H2,1H3,(H,32,41)(H,34,40)/t23-/m0/s1. The van der Waals surface area contributed by atoms with E-state index in [9.17, 15) is 32.3 Å². The smallest absolute Gasteiger partial charge is 0.406 e. The van der Waals surface area contributed by atoms with Crippen molar-refractivity contribution >= 4 is 29.3 Å². The molecule has 2 N–H and O–H groups in total. The van der Waals surface area contributed by atoms with Crippen molar-refractivity contribution < 1.29 is 32.3 Å². The van der Waals surface area contributed by atoms with Crippen LogP contribution in [0.4, 0.5) is 23.7 Å². The number of hydrogen-bond acceptors (Lipinski definition) is 6. The molecule has 0 unspecified atom stereocenters. The molecule has 1 aromatic heterocycles. The summed E-state index contributed by atoms with van der Waals surface area (Å²) in [6.07, 6.45) is -4.26. The van der Waals surface area contributed by atoms with Gasteiger partial charge >= 0.3 is 23.9 Å². The number of aromatic amines is 1. The molecule has 11 nitrogen and oxygen atoms in total. The van der Waals surface area contributed by atoms with Crippen molar-refractivity contribution in [2.45, 2.75) is 31.2 Å². The zero-order valence-electron chi connectivity index (χ0n) is 22.4. The topological polar surface area (TPSA) is 129 Å². The Bertz CT molecular complexity index is 1570. The third kappa shape index (κ3) is 5.92. The van der Waals surface area contributed by atoms with Crippen LogP contribution in [0.1, 0.15) is 40.5 Å². The number of para-hydroxylation sites is 1. The van der Waals surface area contributed by atoms with E-state index >= 15 is 0 Å². The number of anilines is 1. The van der Waals surface area contributed by atoms with Crippen LogP contribution >= 0.6 is 0 Å². The number of carbonyl (C=O) groups excluding carboxylic acids is 3. The van der Waals surface area contributed by atoms with E-state index in [0.29, 0.717) is 28.9 Å². The summed E-state index contributed by atoms with van der Waals surface area (Å²) in [6.45, 7) is -1.19. The van der Waals surface area contributed by atoms with Crippen molar-refractivity contribution in [1.82, 2.24) is 19.8 Å². The predicted octanol–water partition coefficient (Wildman–Crippen LogP) is 3.08. The number of amides is 3. The molecule has 5 rings (SSSR count). The average Bonchev–Trinajstić information content (AvgIpc) is 3.34. The van der Waals surface area contributed by atoms with E-state index in [0.717, 1.165) is 0 Å². The second-order valence-corrected chi connectivity index (χ2v) is 9.84. The Balaban J connectivity index is 1.39. The highest BCUT2D eigenvalue weighted by atomic mass is 19.4. The number of benzodiazepines with no additional fused rings is 1. The van der Waals surface area contributed by atoms with Gasteiger partial charge in [-0.25, -0.2) is 19.4 Å². The molecule has 2 aliphatic rings. The molecule has 1 fully saturated rings. The van der Waals surface area contributed by atoms with E-state index in [2.05, 4.69) is 20.0 Å².